The van der Waals surface area contributed by atoms with E-state index in [4.69, 9.17) is 11.6 Å². The fourth-order valence-electron chi connectivity index (χ4n) is 1.81. The van der Waals surface area contributed by atoms with Crippen LogP contribution in [0.5, 0.6) is 0 Å². The van der Waals surface area contributed by atoms with Gasteiger partial charge in [-0.05, 0) is 43.4 Å². The van der Waals surface area contributed by atoms with Crippen molar-refractivity contribution in [3.8, 4) is 0 Å². The van der Waals surface area contributed by atoms with Gasteiger partial charge < -0.3 is 0 Å². The lowest BCUT2D eigenvalue weighted by molar-refractivity contribution is 0.886. The van der Waals surface area contributed by atoms with E-state index in [0.717, 1.165) is 5.02 Å². The summed E-state index contributed by atoms with van der Waals surface area (Å²) in [4.78, 5) is 0. The van der Waals surface area contributed by atoms with Crippen LogP contribution in [-0.2, 0) is 0 Å². The van der Waals surface area contributed by atoms with E-state index in [1.165, 1.54) is 31.2 Å². The van der Waals surface area contributed by atoms with Gasteiger partial charge in [-0.1, -0.05) is 35.4 Å². The minimum Gasteiger partial charge on any atom is -0.0843 e. The van der Waals surface area contributed by atoms with E-state index < -0.39 is 0 Å². The molecule has 1 saturated carbocycles. The van der Waals surface area contributed by atoms with Gasteiger partial charge in [0.2, 0.25) is 0 Å². The van der Waals surface area contributed by atoms with Crippen LogP contribution in [0, 0.1) is 0 Å². The van der Waals surface area contributed by atoms with Gasteiger partial charge in [0, 0.05) is 5.02 Å². The Hall–Kier alpha value is -0.750. The molecule has 1 heteroatoms. The predicted octanol–water partition coefficient (Wildman–Crippen LogP) is 4.30. The topological polar surface area (TPSA) is 0 Å². The molecule has 1 aliphatic carbocycles. The average Bonchev–Trinajstić information content (AvgIpc) is 2.57. The van der Waals surface area contributed by atoms with Gasteiger partial charge in [0.25, 0.3) is 0 Å². The molecule has 0 saturated heterocycles. The Labute approximate surface area is 84.2 Å². The lowest BCUT2D eigenvalue weighted by atomic mass is 10.1. The van der Waals surface area contributed by atoms with Crippen molar-refractivity contribution in [1.82, 2.24) is 0 Å². The van der Waals surface area contributed by atoms with E-state index >= 15 is 0 Å². The second-order valence-electron chi connectivity index (χ2n) is 3.56. The molecule has 0 heterocycles. The van der Waals surface area contributed by atoms with Crippen LogP contribution < -0.4 is 0 Å². The molecule has 1 fully saturated rings. The van der Waals surface area contributed by atoms with E-state index in [1.54, 1.807) is 5.57 Å². The number of allylic oxidation sites excluding steroid dienone is 1. The quantitative estimate of drug-likeness (QED) is 0.623. The monoisotopic (exact) mass is 192 g/mol. The highest BCUT2D eigenvalue weighted by Gasteiger charge is 2.05. The van der Waals surface area contributed by atoms with E-state index in [9.17, 15) is 0 Å². The average molecular weight is 193 g/mol. The van der Waals surface area contributed by atoms with Crippen molar-refractivity contribution in [3.05, 3.63) is 40.4 Å². The van der Waals surface area contributed by atoms with Crippen LogP contribution in [0.3, 0.4) is 0 Å². The maximum Gasteiger partial charge on any atom is 0.0411 e. The van der Waals surface area contributed by atoms with Crippen molar-refractivity contribution in [2.45, 2.75) is 25.7 Å². The van der Waals surface area contributed by atoms with E-state index in [-0.39, 0.29) is 0 Å². The minimum atomic E-state index is 0.826. The van der Waals surface area contributed by atoms with E-state index in [0.29, 0.717) is 0 Å². The summed E-state index contributed by atoms with van der Waals surface area (Å²) in [6.45, 7) is 0. The van der Waals surface area contributed by atoms with Gasteiger partial charge in [-0.3, -0.25) is 0 Å². The number of rotatable bonds is 1. The first kappa shape index (κ1) is 8.83. The number of halogens is 1. The van der Waals surface area contributed by atoms with Crippen molar-refractivity contribution in [1.29, 1.82) is 0 Å². The van der Waals surface area contributed by atoms with Crippen molar-refractivity contribution >= 4 is 17.7 Å². The Kier molecular flexibility index (Phi) is 2.70. The first-order chi connectivity index (χ1) is 6.34. The highest BCUT2D eigenvalue weighted by molar-refractivity contribution is 6.30. The summed E-state index contributed by atoms with van der Waals surface area (Å²) in [7, 11) is 0. The SMILES string of the molecule is Clc1cccc(C=C2CCCC2)c1. The first-order valence-corrected chi connectivity index (χ1v) is 5.17. The Bertz CT molecular complexity index is 318. The fourth-order valence-corrected chi connectivity index (χ4v) is 2.00. The Morgan fingerprint density at radius 1 is 1.15 bits per heavy atom. The molecular weight excluding hydrogens is 180 g/mol. The summed E-state index contributed by atoms with van der Waals surface area (Å²) in [5.41, 5.74) is 2.81. The van der Waals surface area contributed by atoms with Crippen molar-refractivity contribution < 1.29 is 0 Å². The molecule has 0 atom stereocenters. The Balaban J connectivity index is 2.21. The maximum absolute atomic E-state index is 5.90. The van der Waals surface area contributed by atoms with Gasteiger partial charge in [0.05, 0.1) is 0 Å². The second-order valence-corrected chi connectivity index (χ2v) is 4.00. The largest absolute Gasteiger partial charge is 0.0843 e. The summed E-state index contributed by atoms with van der Waals surface area (Å²) in [6.07, 6.45) is 7.52. The molecule has 0 aliphatic heterocycles. The van der Waals surface area contributed by atoms with Crippen LogP contribution in [0.4, 0.5) is 0 Å². The molecule has 0 bridgehead atoms. The lowest BCUT2D eigenvalue weighted by Gasteiger charge is -1.97. The number of benzene rings is 1. The lowest BCUT2D eigenvalue weighted by Crippen LogP contribution is -1.75. The zero-order valence-electron chi connectivity index (χ0n) is 7.59. The molecule has 0 amide bonds. The summed E-state index contributed by atoms with van der Waals surface area (Å²) < 4.78 is 0. The summed E-state index contributed by atoms with van der Waals surface area (Å²) in [5, 5.41) is 0.826. The molecule has 0 unspecified atom stereocenters. The summed E-state index contributed by atoms with van der Waals surface area (Å²) in [6, 6.07) is 8.05. The first-order valence-electron chi connectivity index (χ1n) is 4.79. The normalized spacial score (nSPS) is 16.2. The molecule has 1 aliphatic rings. The molecule has 0 nitrogen and oxygen atoms in total. The minimum absolute atomic E-state index is 0.826. The highest BCUT2D eigenvalue weighted by atomic mass is 35.5. The molecule has 0 N–H and O–H groups in total. The van der Waals surface area contributed by atoms with Crippen LogP contribution in [0.1, 0.15) is 31.2 Å². The zero-order valence-corrected chi connectivity index (χ0v) is 8.35. The van der Waals surface area contributed by atoms with Gasteiger partial charge in [0.1, 0.15) is 0 Å². The smallest absolute Gasteiger partial charge is 0.0411 e. The Morgan fingerprint density at radius 2 is 1.92 bits per heavy atom. The third kappa shape index (κ3) is 2.35. The van der Waals surface area contributed by atoms with Gasteiger partial charge >= 0.3 is 0 Å². The van der Waals surface area contributed by atoms with Crippen molar-refractivity contribution in [3.63, 3.8) is 0 Å². The van der Waals surface area contributed by atoms with Gasteiger partial charge in [-0.25, -0.2) is 0 Å². The number of hydrogen-bond acceptors (Lipinski definition) is 0. The molecule has 1 aromatic carbocycles. The fraction of sp³-hybridized carbons (Fsp3) is 0.333. The van der Waals surface area contributed by atoms with Crippen molar-refractivity contribution in [2.75, 3.05) is 0 Å². The molecular formula is C12H13Cl. The summed E-state index contributed by atoms with van der Waals surface area (Å²) in [5.74, 6) is 0. The van der Waals surface area contributed by atoms with Crippen molar-refractivity contribution in [2.24, 2.45) is 0 Å². The van der Waals surface area contributed by atoms with Crippen LogP contribution in [0.2, 0.25) is 5.02 Å². The highest BCUT2D eigenvalue weighted by Crippen LogP contribution is 2.26. The molecule has 0 radical (unpaired) electrons. The number of hydrogen-bond donors (Lipinski definition) is 0. The van der Waals surface area contributed by atoms with Gasteiger partial charge in [0.15, 0.2) is 0 Å². The van der Waals surface area contributed by atoms with Crippen LogP contribution in [0.15, 0.2) is 29.8 Å². The second kappa shape index (κ2) is 3.97. The third-order valence-corrected chi connectivity index (χ3v) is 2.70. The van der Waals surface area contributed by atoms with E-state index in [2.05, 4.69) is 12.1 Å². The molecule has 13 heavy (non-hydrogen) atoms. The predicted molar refractivity (Wildman–Crippen MR) is 57.9 cm³/mol. The Morgan fingerprint density at radius 3 is 2.62 bits per heavy atom. The van der Waals surface area contributed by atoms with Gasteiger partial charge in [-0.15, -0.1) is 0 Å². The molecule has 1 aromatic rings. The van der Waals surface area contributed by atoms with E-state index in [1.807, 2.05) is 18.2 Å². The van der Waals surface area contributed by atoms with Crippen LogP contribution in [0.25, 0.3) is 6.08 Å². The molecule has 0 spiro atoms. The van der Waals surface area contributed by atoms with Crippen LogP contribution >= 0.6 is 11.6 Å². The summed E-state index contributed by atoms with van der Waals surface area (Å²) >= 11 is 5.90. The standard InChI is InChI=1S/C12H13Cl/c13-12-7-3-6-11(9-12)8-10-4-1-2-5-10/h3,6-9H,1-2,4-5H2. The van der Waals surface area contributed by atoms with Gasteiger partial charge in [-0.2, -0.15) is 0 Å². The maximum atomic E-state index is 5.90. The zero-order chi connectivity index (χ0) is 9.10. The molecule has 2 rings (SSSR count). The van der Waals surface area contributed by atoms with Crippen LogP contribution in [-0.4, -0.2) is 0 Å². The molecule has 0 aromatic heterocycles. The third-order valence-electron chi connectivity index (χ3n) is 2.47. The molecule has 68 valence electrons.